The number of rotatable bonds is 5. The molecule has 0 aliphatic carbocycles. The Balaban J connectivity index is 1.99. The molecule has 1 saturated heterocycles. The standard InChI is InChI=1S/C15H22N2O3/c1-11(16-10-15(2,3)19)12-4-6-13(7-5-12)17-8-9-20-14(17)18/h4-7,11,16,19H,8-10H2,1-3H3. The van der Waals surface area contributed by atoms with Crippen molar-refractivity contribution in [2.75, 3.05) is 24.6 Å². The highest BCUT2D eigenvalue weighted by Crippen LogP contribution is 2.22. The second kappa shape index (κ2) is 5.81. The lowest BCUT2D eigenvalue weighted by molar-refractivity contribution is 0.0770. The van der Waals surface area contributed by atoms with Crippen LogP contribution in [0.15, 0.2) is 24.3 Å². The summed E-state index contributed by atoms with van der Waals surface area (Å²) < 4.78 is 4.92. The molecule has 1 aromatic rings. The molecule has 1 heterocycles. The molecule has 1 aliphatic rings. The minimum absolute atomic E-state index is 0.140. The van der Waals surface area contributed by atoms with Gasteiger partial charge in [0.15, 0.2) is 0 Å². The summed E-state index contributed by atoms with van der Waals surface area (Å²) in [6.07, 6.45) is -0.286. The van der Waals surface area contributed by atoms with E-state index in [1.807, 2.05) is 31.2 Å². The van der Waals surface area contributed by atoms with E-state index in [4.69, 9.17) is 4.74 Å². The highest BCUT2D eigenvalue weighted by Gasteiger charge is 2.23. The van der Waals surface area contributed by atoms with Gasteiger partial charge in [-0.2, -0.15) is 0 Å². The van der Waals surface area contributed by atoms with E-state index in [0.29, 0.717) is 19.7 Å². The smallest absolute Gasteiger partial charge is 0.414 e. The Hall–Kier alpha value is -1.59. The van der Waals surface area contributed by atoms with Crippen LogP contribution in [0, 0.1) is 0 Å². The van der Waals surface area contributed by atoms with Crippen molar-refractivity contribution in [1.29, 1.82) is 0 Å². The molecule has 1 fully saturated rings. The number of hydrogen-bond acceptors (Lipinski definition) is 4. The summed E-state index contributed by atoms with van der Waals surface area (Å²) in [6.45, 7) is 7.16. The van der Waals surface area contributed by atoms with Gasteiger partial charge in [-0.05, 0) is 38.5 Å². The number of hydrogen-bond donors (Lipinski definition) is 2. The Morgan fingerprint density at radius 1 is 1.40 bits per heavy atom. The molecule has 1 amide bonds. The Morgan fingerprint density at radius 3 is 2.55 bits per heavy atom. The quantitative estimate of drug-likeness (QED) is 0.865. The van der Waals surface area contributed by atoms with E-state index in [9.17, 15) is 9.90 Å². The molecule has 0 saturated carbocycles. The number of carbonyl (C=O) groups excluding carboxylic acids is 1. The average molecular weight is 278 g/mol. The van der Waals surface area contributed by atoms with Crippen LogP contribution in [0.5, 0.6) is 0 Å². The van der Waals surface area contributed by atoms with Crippen LogP contribution in [0.25, 0.3) is 0 Å². The summed E-state index contributed by atoms with van der Waals surface area (Å²) in [6, 6.07) is 7.96. The van der Waals surface area contributed by atoms with E-state index >= 15 is 0 Å². The topological polar surface area (TPSA) is 61.8 Å². The van der Waals surface area contributed by atoms with Crippen LogP contribution in [0.2, 0.25) is 0 Å². The average Bonchev–Trinajstić information content (AvgIpc) is 2.81. The number of ether oxygens (including phenoxy) is 1. The van der Waals surface area contributed by atoms with Gasteiger partial charge in [0.2, 0.25) is 0 Å². The Morgan fingerprint density at radius 2 is 2.05 bits per heavy atom. The second-order valence-electron chi connectivity index (χ2n) is 5.77. The normalized spacial score (nSPS) is 17.2. The first-order valence-corrected chi connectivity index (χ1v) is 6.87. The molecule has 0 radical (unpaired) electrons. The van der Waals surface area contributed by atoms with Gasteiger partial charge in [-0.15, -0.1) is 0 Å². The minimum Gasteiger partial charge on any atom is -0.447 e. The van der Waals surface area contributed by atoms with Crippen molar-refractivity contribution in [2.24, 2.45) is 0 Å². The van der Waals surface area contributed by atoms with Crippen molar-refractivity contribution in [3.8, 4) is 0 Å². The van der Waals surface area contributed by atoms with E-state index < -0.39 is 5.60 Å². The molecule has 0 spiro atoms. The third-order valence-corrected chi connectivity index (χ3v) is 3.31. The fourth-order valence-corrected chi connectivity index (χ4v) is 2.09. The summed E-state index contributed by atoms with van der Waals surface area (Å²) in [7, 11) is 0. The maximum atomic E-state index is 11.5. The maximum Gasteiger partial charge on any atom is 0.414 e. The molecule has 1 aromatic carbocycles. The van der Waals surface area contributed by atoms with E-state index in [0.717, 1.165) is 11.3 Å². The molecule has 2 rings (SSSR count). The third-order valence-electron chi connectivity index (χ3n) is 3.31. The van der Waals surface area contributed by atoms with E-state index in [2.05, 4.69) is 5.32 Å². The molecule has 0 bridgehead atoms. The predicted octanol–water partition coefficient (Wildman–Crippen LogP) is 2.06. The lowest BCUT2D eigenvalue weighted by Crippen LogP contribution is -2.36. The SMILES string of the molecule is CC(NCC(C)(C)O)c1ccc(N2CCOC2=O)cc1. The molecule has 1 atom stereocenters. The molecule has 5 heteroatoms. The van der Waals surface area contributed by atoms with Gasteiger partial charge in [0.1, 0.15) is 6.61 Å². The van der Waals surface area contributed by atoms with Gasteiger partial charge in [-0.1, -0.05) is 12.1 Å². The summed E-state index contributed by atoms with van der Waals surface area (Å²) in [5, 5.41) is 13.0. The lowest BCUT2D eigenvalue weighted by Gasteiger charge is -2.22. The first kappa shape index (κ1) is 14.8. The summed E-state index contributed by atoms with van der Waals surface area (Å²) in [5.41, 5.74) is 1.24. The largest absolute Gasteiger partial charge is 0.447 e. The number of cyclic esters (lactones) is 1. The van der Waals surface area contributed by atoms with Crippen molar-refractivity contribution >= 4 is 11.8 Å². The van der Waals surface area contributed by atoms with Gasteiger partial charge in [-0.3, -0.25) is 4.90 Å². The van der Waals surface area contributed by atoms with E-state index in [1.54, 1.807) is 18.7 Å². The lowest BCUT2D eigenvalue weighted by atomic mass is 10.1. The predicted molar refractivity (Wildman–Crippen MR) is 77.9 cm³/mol. The molecule has 5 nitrogen and oxygen atoms in total. The molecule has 2 N–H and O–H groups in total. The molecular weight excluding hydrogens is 256 g/mol. The highest BCUT2D eigenvalue weighted by atomic mass is 16.6. The third kappa shape index (κ3) is 3.71. The van der Waals surface area contributed by atoms with Crippen LogP contribution in [0.4, 0.5) is 10.5 Å². The number of aliphatic hydroxyl groups is 1. The number of nitrogens with one attached hydrogen (secondary N) is 1. The van der Waals surface area contributed by atoms with Gasteiger partial charge >= 0.3 is 6.09 Å². The van der Waals surface area contributed by atoms with Gasteiger partial charge in [0, 0.05) is 18.3 Å². The number of benzene rings is 1. The van der Waals surface area contributed by atoms with Crippen molar-refractivity contribution < 1.29 is 14.6 Å². The van der Waals surface area contributed by atoms with Crippen LogP contribution >= 0.6 is 0 Å². The molecular formula is C15H22N2O3. The monoisotopic (exact) mass is 278 g/mol. The fourth-order valence-electron chi connectivity index (χ4n) is 2.09. The minimum atomic E-state index is -0.729. The zero-order valence-corrected chi connectivity index (χ0v) is 12.2. The zero-order chi connectivity index (χ0) is 14.8. The van der Waals surface area contributed by atoms with Crippen LogP contribution in [0.3, 0.4) is 0 Å². The van der Waals surface area contributed by atoms with Crippen LogP contribution < -0.4 is 10.2 Å². The number of carbonyl (C=O) groups is 1. The number of nitrogens with zero attached hydrogens (tertiary/aromatic N) is 1. The van der Waals surface area contributed by atoms with Gasteiger partial charge in [0.05, 0.1) is 12.1 Å². The van der Waals surface area contributed by atoms with Gasteiger partial charge < -0.3 is 15.2 Å². The van der Waals surface area contributed by atoms with Crippen molar-refractivity contribution in [3.63, 3.8) is 0 Å². The van der Waals surface area contributed by atoms with Crippen LogP contribution in [-0.2, 0) is 4.74 Å². The van der Waals surface area contributed by atoms with Crippen LogP contribution in [0.1, 0.15) is 32.4 Å². The Labute approximate surface area is 119 Å². The Kier molecular flexibility index (Phi) is 4.30. The Bertz CT molecular complexity index is 465. The molecule has 110 valence electrons. The molecule has 0 aromatic heterocycles. The van der Waals surface area contributed by atoms with Gasteiger partial charge in [-0.25, -0.2) is 4.79 Å². The van der Waals surface area contributed by atoms with E-state index in [1.165, 1.54) is 0 Å². The fraction of sp³-hybridized carbons (Fsp3) is 0.533. The molecule has 1 aliphatic heterocycles. The zero-order valence-electron chi connectivity index (χ0n) is 12.2. The first-order valence-electron chi connectivity index (χ1n) is 6.87. The number of anilines is 1. The summed E-state index contributed by atoms with van der Waals surface area (Å²) in [4.78, 5) is 13.1. The summed E-state index contributed by atoms with van der Waals surface area (Å²) in [5.74, 6) is 0. The molecule has 1 unspecified atom stereocenters. The van der Waals surface area contributed by atoms with Crippen LogP contribution in [-0.4, -0.2) is 36.5 Å². The van der Waals surface area contributed by atoms with Crippen molar-refractivity contribution in [1.82, 2.24) is 5.32 Å². The first-order chi connectivity index (χ1) is 9.37. The van der Waals surface area contributed by atoms with Crippen molar-refractivity contribution in [2.45, 2.75) is 32.4 Å². The summed E-state index contributed by atoms with van der Waals surface area (Å²) >= 11 is 0. The van der Waals surface area contributed by atoms with E-state index in [-0.39, 0.29) is 12.1 Å². The molecule has 20 heavy (non-hydrogen) atoms. The second-order valence-corrected chi connectivity index (χ2v) is 5.77. The van der Waals surface area contributed by atoms with Gasteiger partial charge in [0.25, 0.3) is 0 Å². The highest BCUT2D eigenvalue weighted by molar-refractivity contribution is 5.89. The van der Waals surface area contributed by atoms with Crippen molar-refractivity contribution in [3.05, 3.63) is 29.8 Å². The maximum absolute atomic E-state index is 11.5. The number of amides is 1.